The average Bonchev–Trinajstić information content (AvgIpc) is 2.66. The summed E-state index contributed by atoms with van der Waals surface area (Å²) in [5, 5.41) is 4.54. The maximum absolute atomic E-state index is 11.3. The SMILES string of the molecule is CCC(OS(=O)(=O)O)C(Oc1ccc(N=C=S)cc1)c1ccc(N=C=S)cc1. The summed E-state index contributed by atoms with van der Waals surface area (Å²) in [7, 11) is -4.67. The zero-order valence-corrected chi connectivity index (χ0v) is 17.1. The number of thiocarbonyl (C=S) groups is 2. The first-order valence-corrected chi connectivity index (χ1v) is 10.2. The second-order valence-electron chi connectivity index (χ2n) is 5.50. The normalized spacial score (nSPS) is 12.9. The lowest BCUT2D eigenvalue weighted by Gasteiger charge is -2.26. The molecule has 146 valence electrons. The van der Waals surface area contributed by atoms with Gasteiger partial charge in [-0.15, -0.1) is 0 Å². The fraction of sp³-hybridized carbons (Fsp3) is 0.222. The van der Waals surface area contributed by atoms with Crippen molar-refractivity contribution in [3.63, 3.8) is 0 Å². The molecule has 0 aliphatic rings. The second kappa shape index (κ2) is 10.3. The molecule has 2 atom stereocenters. The minimum Gasteiger partial charge on any atom is -0.483 e. The predicted octanol–water partition coefficient (Wildman–Crippen LogP) is 4.87. The maximum Gasteiger partial charge on any atom is 0.397 e. The number of aliphatic imine (C=N–C) groups is 2. The number of ether oxygens (including phenoxy) is 1. The monoisotopic (exact) mass is 436 g/mol. The van der Waals surface area contributed by atoms with Crippen molar-refractivity contribution in [3.8, 4) is 5.75 Å². The van der Waals surface area contributed by atoms with Crippen LogP contribution in [0.1, 0.15) is 25.0 Å². The Hall–Kier alpha value is -2.29. The van der Waals surface area contributed by atoms with E-state index in [0.717, 1.165) is 0 Å². The van der Waals surface area contributed by atoms with Gasteiger partial charge < -0.3 is 4.74 Å². The van der Waals surface area contributed by atoms with Gasteiger partial charge in [0.25, 0.3) is 0 Å². The highest BCUT2D eigenvalue weighted by atomic mass is 32.3. The van der Waals surface area contributed by atoms with Crippen molar-refractivity contribution in [3.05, 3.63) is 54.1 Å². The van der Waals surface area contributed by atoms with E-state index in [9.17, 15) is 8.42 Å². The number of hydrogen-bond donors (Lipinski definition) is 1. The van der Waals surface area contributed by atoms with Gasteiger partial charge in [0, 0.05) is 0 Å². The Morgan fingerprint density at radius 3 is 1.93 bits per heavy atom. The second-order valence-corrected chi connectivity index (χ2v) is 6.91. The minimum atomic E-state index is -4.67. The van der Waals surface area contributed by atoms with Gasteiger partial charge in [0.05, 0.1) is 21.7 Å². The predicted molar refractivity (Wildman–Crippen MR) is 112 cm³/mol. The van der Waals surface area contributed by atoms with E-state index in [0.29, 0.717) is 22.7 Å². The molecule has 0 spiro atoms. The van der Waals surface area contributed by atoms with Crippen LogP contribution in [0.5, 0.6) is 5.75 Å². The highest BCUT2D eigenvalue weighted by molar-refractivity contribution is 7.80. The van der Waals surface area contributed by atoms with Crippen LogP contribution in [0, 0.1) is 0 Å². The van der Waals surface area contributed by atoms with E-state index < -0.39 is 22.6 Å². The quantitative estimate of drug-likeness (QED) is 0.340. The molecular weight excluding hydrogens is 420 g/mol. The molecule has 0 bridgehead atoms. The van der Waals surface area contributed by atoms with Gasteiger partial charge in [-0.25, -0.2) is 4.18 Å². The van der Waals surface area contributed by atoms with Crippen LogP contribution in [-0.2, 0) is 14.6 Å². The molecule has 2 aromatic rings. The van der Waals surface area contributed by atoms with E-state index in [4.69, 9.17) is 13.5 Å². The molecule has 1 N–H and O–H groups in total. The van der Waals surface area contributed by atoms with Crippen LogP contribution in [0.3, 0.4) is 0 Å². The van der Waals surface area contributed by atoms with Crippen LogP contribution in [-0.4, -0.2) is 29.4 Å². The first kappa shape index (κ1) is 22.0. The molecule has 2 unspecified atom stereocenters. The van der Waals surface area contributed by atoms with Crippen LogP contribution in [0.15, 0.2) is 58.5 Å². The van der Waals surface area contributed by atoms with Crippen LogP contribution < -0.4 is 4.74 Å². The Kier molecular flexibility index (Phi) is 8.10. The molecule has 0 heterocycles. The summed E-state index contributed by atoms with van der Waals surface area (Å²) in [6, 6.07) is 13.4. The van der Waals surface area contributed by atoms with Crippen LogP contribution in [0.25, 0.3) is 0 Å². The average molecular weight is 437 g/mol. The van der Waals surface area contributed by atoms with E-state index in [1.165, 1.54) is 0 Å². The highest BCUT2D eigenvalue weighted by Crippen LogP contribution is 2.31. The number of benzene rings is 2. The van der Waals surface area contributed by atoms with Gasteiger partial charge in [-0.2, -0.15) is 18.4 Å². The molecule has 28 heavy (non-hydrogen) atoms. The van der Waals surface area contributed by atoms with Gasteiger partial charge in [-0.1, -0.05) is 19.1 Å². The summed E-state index contributed by atoms with van der Waals surface area (Å²) in [5.74, 6) is 0.451. The molecule has 0 aliphatic carbocycles. The van der Waals surface area contributed by atoms with E-state index in [-0.39, 0.29) is 6.42 Å². The highest BCUT2D eigenvalue weighted by Gasteiger charge is 2.29. The molecule has 0 aliphatic heterocycles. The summed E-state index contributed by atoms with van der Waals surface area (Å²) in [6.45, 7) is 1.72. The van der Waals surface area contributed by atoms with Crippen LogP contribution in [0.2, 0.25) is 0 Å². The fourth-order valence-electron chi connectivity index (χ4n) is 2.44. The van der Waals surface area contributed by atoms with E-state index in [2.05, 4.69) is 44.7 Å². The van der Waals surface area contributed by atoms with Gasteiger partial charge in [-0.3, -0.25) is 4.55 Å². The number of isothiocyanates is 2. The van der Waals surface area contributed by atoms with E-state index >= 15 is 0 Å². The Morgan fingerprint density at radius 1 is 1.00 bits per heavy atom. The Morgan fingerprint density at radius 2 is 1.50 bits per heavy atom. The van der Waals surface area contributed by atoms with E-state index in [1.54, 1.807) is 55.5 Å². The third-order valence-corrected chi connectivity index (χ3v) is 4.33. The topological polar surface area (TPSA) is 97.6 Å². The van der Waals surface area contributed by atoms with E-state index in [1.807, 2.05) is 0 Å². The largest absolute Gasteiger partial charge is 0.483 e. The molecule has 0 saturated heterocycles. The molecule has 0 radical (unpaired) electrons. The standard InChI is InChI=1S/C18H16N2O5S3/c1-2-17(25-28(21,22)23)18(13-3-5-14(6-4-13)19-11-26)24-16-9-7-15(8-10-16)20-12-27/h3-10,17-18H,2H2,1H3,(H,21,22,23). The lowest BCUT2D eigenvalue weighted by molar-refractivity contribution is 0.0469. The molecular formula is C18H16N2O5S3. The molecule has 0 amide bonds. The summed E-state index contributed by atoms with van der Waals surface area (Å²) in [4.78, 5) is 7.73. The maximum atomic E-state index is 11.3. The van der Waals surface area contributed by atoms with Crippen molar-refractivity contribution in [1.82, 2.24) is 0 Å². The van der Waals surface area contributed by atoms with Crippen molar-refractivity contribution < 1.29 is 21.9 Å². The molecule has 10 heteroatoms. The number of hydrogen-bond acceptors (Lipinski definition) is 8. The third kappa shape index (κ3) is 6.70. The summed E-state index contributed by atoms with van der Waals surface area (Å²) < 4.78 is 42.4. The Balaban J connectivity index is 2.38. The van der Waals surface area contributed by atoms with Crippen molar-refractivity contribution in [2.24, 2.45) is 9.98 Å². The Bertz CT molecular complexity index is 995. The van der Waals surface area contributed by atoms with Crippen molar-refractivity contribution in [2.75, 3.05) is 0 Å². The molecule has 2 aromatic carbocycles. The van der Waals surface area contributed by atoms with Crippen molar-refractivity contribution in [1.29, 1.82) is 0 Å². The molecule has 0 fully saturated rings. The van der Waals surface area contributed by atoms with Gasteiger partial charge in [0.1, 0.15) is 11.9 Å². The van der Waals surface area contributed by atoms with Gasteiger partial charge in [0.15, 0.2) is 6.10 Å². The molecule has 2 rings (SSSR count). The molecule has 7 nitrogen and oxygen atoms in total. The van der Waals surface area contributed by atoms with Crippen LogP contribution >= 0.6 is 24.4 Å². The van der Waals surface area contributed by atoms with Crippen molar-refractivity contribution >= 4 is 56.5 Å². The Labute approximate surface area is 173 Å². The van der Waals surface area contributed by atoms with Gasteiger partial charge in [-0.05, 0) is 72.8 Å². The lowest BCUT2D eigenvalue weighted by atomic mass is 10.0. The molecule has 0 aromatic heterocycles. The number of rotatable bonds is 9. The van der Waals surface area contributed by atoms with Gasteiger partial charge in [0.2, 0.25) is 0 Å². The van der Waals surface area contributed by atoms with Crippen LogP contribution in [0.4, 0.5) is 11.4 Å². The minimum absolute atomic E-state index is 0.261. The van der Waals surface area contributed by atoms with Gasteiger partial charge >= 0.3 is 10.4 Å². The first-order chi connectivity index (χ1) is 13.4. The lowest BCUT2D eigenvalue weighted by Crippen LogP contribution is -2.28. The van der Waals surface area contributed by atoms with Crippen molar-refractivity contribution in [2.45, 2.75) is 25.6 Å². The first-order valence-electron chi connectivity index (χ1n) is 8.04. The number of nitrogens with zero attached hydrogens (tertiary/aromatic N) is 2. The summed E-state index contributed by atoms with van der Waals surface area (Å²) >= 11 is 9.15. The summed E-state index contributed by atoms with van der Waals surface area (Å²) in [5.41, 5.74) is 1.81. The zero-order valence-electron chi connectivity index (χ0n) is 14.7. The summed E-state index contributed by atoms with van der Waals surface area (Å²) in [6.07, 6.45) is -1.52. The smallest absolute Gasteiger partial charge is 0.397 e. The molecule has 0 saturated carbocycles. The zero-order chi connectivity index (χ0) is 20.6. The third-order valence-electron chi connectivity index (χ3n) is 3.66. The fourth-order valence-corrected chi connectivity index (χ4v) is 3.20.